The normalized spacial score (nSPS) is 12.1. The molecule has 3 aromatic rings. The van der Waals surface area contributed by atoms with Crippen molar-refractivity contribution in [2.24, 2.45) is 0 Å². The van der Waals surface area contributed by atoms with Crippen LogP contribution in [0.4, 0.5) is 5.69 Å². The second kappa shape index (κ2) is 9.53. The van der Waals surface area contributed by atoms with Gasteiger partial charge in [0.15, 0.2) is 0 Å². The molecule has 1 aromatic heterocycles. The molecule has 6 heteroatoms. The fraction of sp³-hybridized carbons (Fsp3) is 0.273. The standard InChI is InChI=1S/C22H25ClN4O/c1-3-26(4-2)20(17-11-7-5-8-12-17)16-24-19-15-25-27(22(28)21(19)23)18-13-9-6-10-14-18/h5-15,20,24H,3-4,16H2,1-2H3/t20-/m1/s1. The number of hydrogen-bond acceptors (Lipinski definition) is 4. The predicted octanol–water partition coefficient (Wildman–Crippen LogP) is 4.38. The third kappa shape index (κ3) is 4.43. The molecule has 0 radical (unpaired) electrons. The molecular formula is C22H25ClN4O. The van der Waals surface area contributed by atoms with Gasteiger partial charge in [0.25, 0.3) is 5.56 Å². The maximum atomic E-state index is 12.7. The summed E-state index contributed by atoms with van der Waals surface area (Å²) in [7, 11) is 0. The number of anilines is 1. The molecule has 3 rings (SSSR count). The Morgan fingerprint density at radius 2 is 1.64 bits per heavy atom. The van der Waals surface area contributed by atoms with Crippen LogP contribution < -0.4 is 10.9 Å². The smallest absolute Gasteiger partial charge is 0.292 e. The van der Waals surface area contributed by atoms with Crippen LogP contribution in [-0.4, -0.2) is 34.3 Å². The van der Waals surface area contributed by atoms with Crippen LogP contribution in [0.3, 0.4) is 0 Å². The molecule has 0 spiro atoms. The zero-order chi connectivity index (χ0) is 19.9. The van der Waals surface area contributed by atoms with E-state index in [4.69, 9.17) is 11.6 Å². The molecule has 28 heavy (non-hydrogen) atoms. The number of likely N-dealkylation sites (N-methyl/N-ethyl adjacent to an activating group) is 1. The van der Waals surface area contributed by atoms with Crippen LogP contribution in [0.15, 0.2) is 71.7 Å². The minimum Gasteiger partial charge on any atom is -0.380 e. The Morgan fingerprint density at radius 1 is 1.04 bits per heavy atom. The Balaban J connectivity index is 1.84. The van der Waals surface area contributed by atoms with Crippen molar-refractivity contribution in [2.45, 2.75) is 19.9 Å². The summed E-state index contributed by atoms with van der Waals surface area (Å²) in [6.07, 6.45) is 1.61. The second-order valence-corrected chi connectivity index (χ2v) is 6.83. The fourth-order valence-electron chi connectivity index (χ4n) is 3.31. The molecule has 1 heterocycles. The number of halogens is 1. The van der Waals surface area contributed by atoms with Gasteiger partial charge < -0.3 is 5.32 Å². The van der Waals surface area contributed by atoms with Gasteiger partial charge in [-0.25, -0.2) is 0 Å². The molecular weight excluding hydrogens is 372 g/mol. The largest absolute Gasteiger partial charge is 0.380 e. The van der Waals surface area contributed by atoms with Crippen LogP contribution in [0.1, 0.15) is 25.5 Å². The molecule has 1 N–H and O–H groups in total. The fourth-order valence-corrected chi connectivity index (χ4v) is 3.51. The van der Waals surface area contributed by atoms with Crippen LogP contribution in [-0.2, 0) is 0 Å². The van der Waals surface area contributed by atoms with E-state index in [1.165, 1.54) is 10.2 Å². The van der Waals surface area contributed by atoms with E-state index in [1.807, 2.05) is 48.5 Å². The van der Waals surface area contributed by atoms with Gasteiger partial charge in [-0.2, -0.15) is 9.78 Å². The van der Waals surface area contributed by atoms with Crippen molar-refractivity contribution < 1.29 is 0 Å². The summed E-state index contributed by atoms with van der Waals surface area (Å²) in [5.74, 6) is 0. The highest BCUT2D eigenvalue weighted by molar-refractivity contribution is 6.32. The second-order valence-electron chi connectivity index (χ2n) is 6.45. The van der Waals surface area contributed by atoms with Gasteiger partial charge in [-0.05, 0) is 30.8 Å². The van der Waals surface area contributed by atoms with Gasteiger partial charge in [-0.3, -0.25) is 9.69 Å². The van der Waals surface area contributed by atoms with Gasteiger partial charge in [-0.1, -0.05) is 74.0 Å². The Labute approximate surface area is 170 Å². The Morgan fingerprint density at radius 3 is 2.25 bits per heavy atom. The average Bonchev–Trinajstić information content (AvgIpc) is 2.75. The van der Waals surface area contributed by atoms with Crippen LogP contribution in [0.25, 0.3) is 5.69 Å². The molecule has 0 aliphatic carbocycles. The van der Waals surface area contributed by atoms with Crippen molar-refractivity contribution >= 4 is 17.3 Å². The number of nitrogens with zero attached hydrogens (tertiary/aromatic N) is 3. The number of nitrogens with one attached hydrogen (secondary N) is 1. The summed E-state index contributed by atoms with van der Waals surface area (Å²) in [6.45, 7) is 6.78. The van der Waals surface area contributed by atoms with Crippen molar-refractivity contribution in [1.29, 1.82) is 0 Å². The molecule has 0 saturated carbocycles. The minimum atomic E-state index is -0.336. The van der Waals surface area contributed by atoms with E-state index in [9.17, 15) is 4.79 Å². The molecule has 146 valence electrons. The maximum absolute atomic E-state index is 12.7. The molecule has 0 unspecified atom stereocenters. The van der Waals surface area contributed by atoms with Crippen molar-refractivity contribution in [3.63, 3.8) is 0 Å². The summed E-state index contributed by atoms with van der Waals surface area (Å²) in [4.78, 5) is 15.0. The lowest BCUT2D eigenvalue weighted by Gasteiger charge is -2.30. The molecule has 0 aliphatic heterocycles. The lowest BCUT2D eigenvalue weighted by atomic mass is 10.1. The topological polar surface area (TPSA) is 50.2 Å². The number of benzene rings is 2. The van der Waals surface area contributed by atoms with E-state index in [0.717, 1.165) is 13.1 Å². The summed E-state index contributed by atoms with van der Waals surface area (Å²) < 4.78 is 1.31. The zero-order valence-electron chi connectivity index (χ0n) is 16.2. The van der Waals surface area contributed by atoms with E-state index < -0.39 is 0 Å². The lowest BCUT2D eigenvalue weighted by molar-refractivity contribution is 0.228. The first-order valence-corrected chi connectivity index (χ1v) is 9.89. The van der Waals surface area contributed by atoms with Gasteiger partial charge in [-0.15, -0.1) is 0 Å². The van der Waals surface area contributed by atoms with Crippen LogP contribution in [0, 0.1) is 0 Å². The minimum absolute atomic E-state index is 0.144. The van der Waals surface area contributed by atoms with E-state index in [0.29, 0.717) is 17.9 Å². The SMILES string of the molecule is CCN(CC)[C@H](CNc1cnn(-c2ccccc2)c(=O)c1Cl)c1ccccc1. The van der Waals surface area contributed by atoms with Crippen LogP contribution >= 0.6 is 11.6 Å². The number of rotatable bonds is 8. The average molecular weight is 397 g/mol. The molecule has 1 atom stereocenters. The first kappa shape index (κ1) is 20.1. The predicted molar refractivity (Wildman–Crippen MR) is 115 cm³/mol. The van der Waals surface area contributed by atoms with E-state index in [-0.39, 0.29) is 16.6 Å². The van der Waals surface area contributed by atoms with E-state index >= 15 is 0 Å². The number of aromatic nitrogens is 2. The Hall–Kier alpha value is -2.63. The van der Waals surface area contributed by atoms with Gasteiger partial charge in [0, 0.05) is 6.54 Å². The molecule has 0 fully saturated rings. The molecule has 2 aromatic carbocycles. The highest BCUT2D eigenvalue weighted by Gasteiger charge is 2.19. The number of para-hydroxylation sites is 1. The molecule has 0 amide bonds. The molecule has 0 saturated heterocycles. The molecule has 0 bridgehead atoms. The van der Waals surface area contributed by atoms with Gasteiger partial charge in [0.2, 0.25) is 0 Å². The summed E-state index contributed by atoms with van der Waals surface area (Å²) >= 11 is 6.38. The van der Waals surface area contributed by atoms with Crippen molar-refractivity contribution in [3.8, 4) is 5.69 Å². The molecule has 0 aliphatic rings. The maximum Gasteiger partial charge on any atom is 0.292 e. The first-order chi connectivity index (χ1) is 13.7. The van der Waals surface area contributed by atoms with Gasteiger partial charge >= 0.3 is 0 Å². The molecule has 5 nitrogen and oxygen atoms in total. The Bertz CT molecular complexity index is 940. The summed E-state index contributed by atoms with van der Waals surface area (Å²) in [5.41, 5.74) is 2.12. The highest BCUT2D eigenvalue weighted by Crippen LogP contribution is 2.23. The third-order valence-electron chi connectivity index (χ3n) is 4.84. The first-order valence-electron chi connectivity index (χ1n) is 9.51. The van der Waals surface area contributed by atoms with Crippen molar-refractivity contribution in [2.75, 3.05) is 25.0 Å². The van der Waals surface area contributed by atoms with Gasteiger partial charge in [0.1, 0.15) is 5.02 Å². The third-order valence-corrected chi connectivity index (χ3v) is 5.21. The quantitative estimate of drug-likeness (QED) is 0.613. The monoisotopic (exact) mass is 396 g/mol. The highest BCUT2D eigenvalue weighted by atomic mass is 35.5. The van der Waals surface area contributed by atoms with Crippen LogP contribution in [0.2, 0.25) is 5.02 Å². The van der Waals surface area contributed by atoms with Crippen LogP contribution in [0.5, 0.6) is 0 Å². The van der Waals surface area contributed by atoms with Gasteiger partial charge in [0.05, 0.1) is 23.6 Å². The summed E-state index contributed by atoms with van der Waals surface area (Å²) in [5, 5.41) is 7.76. The van der Waals surface area contributed by atoms with E-state index in [2.05, 4.69) is 41.3 Å². The Kier molecular flexibility index (Phi) is 6.85. The van der Waals surface area contributed by atoms with Crippen molar-refractivity contribution in [1.82, 2.24) is 14.7 Å². The van der Waals surface area contributed by atoms with E-state index in [1.54, 1.807) is 6.20 Å². The number of hydrogen-bond donors (Lipinski definition) is 1. The summed E-state index contributed by atoms with van der Waals surface area (Å²) in [6, 6.07) is 19.8. The van der Waals surface area contributed by atoms with Crippen molar-refractivity contribution in [3.05, 3.63) is 87.8 Å². The lowest BCUT2D eigenvalue weighted by Crippen LogP contribution is -2.33. The zero-order valence-corrected chi connectivity index (χ0v) is 16.9.